The minimum atomic E-state index is -1.11. The largest absolute Gasteiger partial charge is 0.480 e. The third-order valence-corrected chi connectivity index (χ3v) is 2.40. The van der Waals surface area contributed by atoms with Crippen molar-refractivity contribution in [2.24, 2.45) is 5.92 Å². The Hall–Kier alpha value is -2.31. The molecule has 104 valence electrons. The molecule has 1 rings (SSSR count). The smallest absolute Gasteiger partial charge is 0.326 e. The highest BCUT2D eigenvalue weighted by Gasteiger charge is 2.23. The molecule has 7 heteroatoms. The number of carboxylic acid groups (broad SMARTS) is 1. The fourth-order valence-corrected chi connectivity index (χ4v) is 1.39. The summed E-state index contributed by atoms with van der Waals surface area (Å²) in [4.78, 5) is 33.9. The summed E-state index contributed by atoms with van der Waals surface area (Å²) in [6.45, 7) is 3.05. The van der Waals surface area contributed by atoms with Crippen LogP contribution in [-0.4, -0.2) is 35.5 Å². The molecule has 1 aromatic heterocycles. The minimum Gasteiger partial charge on any atom is -0.480 e. The Morgan fingerprint density at radius 2 is 2.05 bits per heavy atom. The third-order valence-electron chi connectivity index (χ3n) is 2.40. The topological polar surface area (TPSA) is 109 Å². The first-order valence-electron chi connectivity index (χ1n) is 5.75. The molecule has 0 saturated carbocycles. The van der Waals surface area contributed by atoms with Gasteiger partial charge in [-0.25, -0.2) is 4.79 Å². The van der Waals surface area contributed by atoms with Gasteiger partial charge < -0.3 is 20.2 Å². The summed E-state index contributed by atoms with van der Waals surface area (Å²) in [7, 11) is 0. The zero-order chi connectivity index (χ0) is 14.4. The van der Waals surface area contributed by atoms with Crippen molar-refractivity contribution in [2.45, 2.75) is 19.9 Å². The highest BCUT2D eigenvalue weighted by molar-refractivity contribution is 5.94. The predicted molar refractivity (Wildman–Crippen MR) is 65.4 cm³/mol. The fraction of sp³-hybridized carbons (Fsp3) is 0.417. The molecular weight excluding hydrogens is 252 g/mol. The number of furan rings is 1. The van der Waals surface area contributed by atoms with Gasteiger partial charge in [0.2, 0.25) is 5.91 Å². The van der Waals surface area contributed by atoms with Crippen molar-refractivity contribution >= 4 is 17.8 Å². The Morgan fingerprint density at radius 1 is 1.37 bits per heavy atom. The average molecular weight is 268 g/mol. The van der Waals surface area contributed by atoms with E-state index in [0.717, 1.165) is 0 Å². The highest BCUT2D eigenvalue weighted by Crippen LogP contribution is 2.01. The molecule has 0 saturated heterocycles. The van der Waals surface area contributed by atoms with Crippen molar-refractivity contribution in [1.29, 1.82) is 0 Å². The number of hydrogen-bond donors (Lipinski definition) is 3. The molecule has 0 aromatic carbocycles. The number of rotatable bonds is 6. The van der Waals surface area contributed by atoms with Crippen molar-refractivity contribution in [3.8, 4) is 0 Å². The third kappa shape index (κ3) is 4.46. The Morgan fingerprint density at radius 3 is 2.53 bits per heavy atom. The normalized spacial score (nSPS) is 11.9. The maximum atomic E-state index is 11.5. The molecule has 7 nitrogen and oxygen atoms in total. The van der Waals surface area contributed by atoms with E-state index in [1.54, 1.807) is 19.9 Å². The second-order valence-corrected chi connectivity index (χ2v) is 4.29. The first-order valence-corrected chi connectivity index (χ1v) is 5.75. The van der Waals surface area contributed by atoms with Crippen LogP contribution >= 0.6 is 0 Å². The van der Waals surface area contributed by atoms with Crippen molar-refractivity contribution in [1.82, 2.24) is 10.6 Å². The van der Waals surface area contributed by atoms with E-state index in [2.05, 4.69) is 10.6 Å². The van der Waals surface area contributed by atoms with Crippen LogP contribution in [0, 0.1) is 5.92 Å². The van der Waals surface area contributed by atoms with Gasteiger partial charge in [-0.3, -0.25) is 9.59 Å². The van der Waals surface area contributed by atoms with E-state index in [0.29, 0.717) is 0 Å². The van der Waals surface area contributed by atoms with Crippen LogP contribution in [0.25, 0.3) is 0 Å². The zero-order valence-corrected chi connectivity index (χ0v) is 10.7. The molecule has 0 fully saturated rings. The van der Waals surface area contributed by atoms with Crippen molar-refractivity contribution in [3.63, 3.8) is 0 Å². The summed E-state index contributed by atoms with van der Waals surface area (Å²) in [5, 5.41) is 13.6. The fourth-order valence-electron chi connectivity index (χ4n) is 1.39. The lowest BCUT2D eigenvalue weighted by atomic mass is 10.1. The van der Waals surface area contributed by atoms with E-state index >= 15 is 0 Å². The molecule has 1 heterocycles. The number of carbonyl (C=O) groups is 3. The molecule has 0 spiro atoms. The van der Waals surface area contributed by atoms with Crippen LogP contribution in [0.2, 0.25) is 0 Å². The quantitative estimate of drug-likeness (QED) is 0.684. The van der Waals surface area contributed by atoms with Gasteiger partial charge in [-0.2, -0.15) is 0 Å². The van der Waals surface area contributed by atoms with Crippen molar-refractivity contribution in [3.05, 3.63) is 24.2 Å². The Bertz CT molecular complexity index is 453. The monoisotopic (exact) mass is 268 g/mol. The summed E-state index contributed by atoms with van der Waals surface area (Å²) >= 11 is 0. The van der Waals surface area contributed by atoms with Crippen LogP contribution < -0.4 is 10.6 Å². The summed E-state index contributed by atoms with van der Waals surface area (Å²) in [6.07, 6.45) is 1.34. The average Bonchev–Trinajstić information content (AvgIpc) is 2.85. The van der Waals surface area contributed by atoms with Crippen LogP contribution in [0.1, 0.15) is 24.4 Å². The van der Waals surface area contributed by atoms with Crippen LogP contribution in [0.3, 0.4) is 0 Å². The SMILES string of the molecule is CC(C)[C@H](NC(=O)CNC(=O)c1ccco1)C(=O)O. The maximum Gasteiger partial charge on any atom is 0.326 e. The molecule has 0 aliphatic rings. The van der Waals surface area contributed by atoms with Crippen LogP contribution in [0.15, 0.2) is 22.8 Å². The summed E-state index contributed by atoms with van der Waals surface area (Å²) < 4.78 is 4.85. The van der Waals surface area contributed by atoms with Gasteiger partial charge in [0.25, 0.3) is 5.91 Å². The van der Waals surface area contributed by atoms with E-state index in [1.165, 1.54) is 12.3 Å². The number of carbonyl (C=O) groups excluding carboxylic acids is 2. The molecule has 19 heavy (non-hydrogen) atoms. The summed E-state index contributed by atoms with van der Waals surface area (Å²) in [6, 6.07) is 2.03. The van der Waals surface area contributed by atoms with Gasteiger partial charge >= 0.3 is 5.97 Å². The second kappa shape index (κ2) is 6.58. The minimum absolute atomic E-state index is 0.0893. The molecule has 0 aliphatic heterocycles. The molecule has 0 aliphatic carbocycles. The lowest BCUT2D eigenvalue weighted by Crippen LogP contribution is -2.48. The van der Waals surface area contributed by atoms with Gasteiger partial charge in [-0.05, 0) is 18.1 Å². The lowest BCUT2D eigenvalue weighted by molar-refractivity contribution is -0.142. The number of amides is 2. The van der Waals surface area contributed by atoms with Crippen molar-refractivity contribution < 1.29 is 23.9 Å². The summed E-state index contributed by atoms with van der Waals surface area (Å²) in [5.74, 6) is -2.37. The van der Waals surface area contributed by atoms with Crippen LogP contribution in [-0.2, 0) is 9.59 Å². The number of carboxylic acids is 1. The van der Waals surface area contributed by atoms with E-state index in [1.807, 2.05) is 0 Å². The van der Waals surface area contributed by atoms with Gasteiger partial charge in [0, 0.05) is 0 Å². The summed E-state index contributed by atoms with van der Waals surface area (Å²) in [5.41, 5.74) is 0. The Kier molecular flexibility index (Phi) is 5.11. The van der Waals surface area contributed by atoms with Crippen molar-refractivity contribution in [2.75, 3.05) is 6.54 Å². The Balaban J connectivity index is 2.43. The maximum absolute atomic E-state index is 11.5. The van der Waals surface area contributed by atoms with E-state index < -0.39 is 23.8 Å². The predicted octanol–water partition coefficient (Wildman–Crippen LogP) is 0.235. The first-order chi connectivity index (χ1) is 8.91. The van der Waals surface area contributed by atoms with E-state index in [-0.39, 0.29) is 18.2 Å². The highest BCUT2D eigenvalue weighted by atomic mass is 16.4. The Labute approximate surface area is 110 Å². The zero-order valence-electron chi connectivity index (χ0n) is 10.7. The van der Waals surface area contributed by atoms with Crippen LogP contribution in [0.5, 0.6) is 0 Å². The van der Waals surface area contributed by atoms with Gasteiger partial charge in [0.05, 0.1) is 12.8 Å². The number of aliphatic carboxylic acids is 1. The van der Waals surface area contributed by atoms with Gasteiger partial charge in [0.1, 0.15) is 6.04 Å². The molecule has 1 aromatic rings. The van der Waals surface area contributed by atoms with E-state index in [9.17, 15) is 14.4 Å². The van der Waals surface area contributed by atoms with Gasteiger partial charge in [-0.1, -0.05) is 13.8 Å². The molecule has 1 atom stereocenters. The molecule has 0 unspecified atom stereocenters. The number of hydrogen-bond acceptors (Lipinski definition) is 4. The molecule has 2 amide bonds. The molecule has 0 radical (unpaired) electrons. The lowest BCUT2D eigenvalue weighted by Gasteiger charge is -2.17. The molecule has 3 N–H and O–H groups in total. The number of nitrogens with one attached hydrogen (secondary N) is 2. The van der Waals surface area contributed by atoms with Gasteiger partial charge in [0.15, 0.2) is 5.76 Å². The van der Waals surface area contributed by atoms with Gasteiger partial charge in [-0.15, -0.1) is 0 Å². The standard InChI is InChI=1S/C12H16N2O5/c1-7(2)10(12(17)18)14-9(15)6-13-11(16)8-4-3-5-19-8/h3-5,7,10H,6H2,1-2H3,(H,13,16)(H,14,15)(H,17,18)/t10-/m0/s1. The van der Waals surface area contributed by atoms with Crippen LogP contribution in [0.4, 0.5) is 0 Å². The first kappa shape index (κ1) is 14.7. The molecule has 0 bridgehead atoms. The van der Waals surface area contributed by atoms with E-state index in [4.69, 9.17) is 9.52 Å². The molecular formula is C12H16N2O5. The second-order valence-electron chi connectivity index (χ2n) is 4.29.